The van der Waals surface area contributed by atoms with E-state index in [2.05, 4.69) is 9.84 Å². The molecule has 42 heavy (non-hydrogen) atoms. The summed E-state index contributed by atoms with van der Waals surface area (Å²) in [7, 11) is 0. The summed E-state index contributed by atoms with van der Waals surface area (Å²) in [6.07, 6.45) is -2.24. The van der Waals surface area contributed by atoms with Crippen LogP contribution in [0, 0.1) is 13.8 Å². The molecule has 0 spiro atoms. The van der Waals surface area contributed by atoms with Gasteiger partial charge in [-0.1, -0.05) is 18.5 Å². The fraction of sp³-hybridized carbons (Fsp3) is 0.226. The largest absolute Gasteiger partial charge is 0.573 e. The Morgan fingerprint density at radius 1 is 0.881 bits per heavy atom. The van der Waals surface area contributed by atoms with Gasteiger partial charge in [0.2, 0.25) is 5.88 Å². The highest BCUT2D eigenvalue weighted by atomic mass is 35.5. The second kappa shape index (κ2) is 12.2. The standard InChI is InChI=1S/C31H27ClF3N3O4/c1-4-26-20(3)30(40-16-15-39-29-13-14-38(37-29)22-7-5-21(32)6-8-22)25-18-28(19(2)17-27(25)36-26)41-23-9-11-24(12-10-23)42-31(33,34)35/h5-14,17-18H,4,15-16H2,1-3H3. The van der Waals surface area contributed by atoms with E-state index in [1.807, 2.05) is 45.0 Å². The third kappa shape index (κ3) is 6.88. The molecule has 2 heterocycles. The monoisotopic (exact) mass is 597 g/mol. The molecule has 0 aliphatic carbocycles. The number of rotatable bonds is 10. The summed E-state index contributed by atoms with van der Waals surface area (Å²) in [5.74, 6) is 1.66. The predicted molar refractivity (Wildman–Crippen MR) is 153 cm³/mol. The number of halogens is 4. The van der Waals surface area contributed by atoms with E-state index in [1.54, 1.807) is 29.1 Å². The van der Waals surface area contributed by atoms with E-state index in [1.165, 1.54) is 24.3 Å². The van der Waals surface area contributed by atoms with Gasteiger partial charge < -0.3 is 18.9 Å². The first-order valence-corrected chi connectivity index (χ1v) is 13.5. The molecule has 0 atom stereocenters. The molecular weight excluding hydrogens is 571 g/mol. The first-order valence-electron chi connectivity index (χ1n) is 13.1. The molecule has 0 bridgehead atoms. The molecule has 11 heteroatoms. The molecule has 7 nitrogen and oxygen atoms in total. The number of alkyl halides is 3. The molecule has 2 aromatic heterocycles. The lowest BCUT2D eigenvalue weighted by Crippen LogP contribution is -2.16. The number of hydrogen-bond acceptors (Lipinski definition) is 6. The van der Waals surface area contributed by atoms with Crippen molar-refractivity contribution in [3.05, 3.63) is 94.8 Å². The normalized spacial score (nSPS) is 11.5. The van der Waals surface area contributed by atoms with E-state index in [0.717, 1.165) is 39.8 Å². The van der Waals surface area contributed by atoms with Gasteiger partial charge in [-0.2, -0.15) is 0 Å². The molecule has 218 valence electrons. The van der Waals surface area contributed by atoms with Crippen LogP contribution < -0.4 is 18.9 Å². The molecule has 0 aliphatic heterocycles. The molecule has 0 aliphatic rings. The molecule has 5 aromatic rings. The lowest BCUT2D eigenvalue weighted by Gasteiger charge is -2.17. The number of ether oxygens (including phenoxy) is 4. The maximum absolute atomic E-state index is 12.5. The minimum Gasteiger partial charge on any atom is -0.489 e. The van der Waals surface area contributed by atoms with Crippen molar-refractivity contribution in [1.29, 1.82) is 0 Å². The number of fused-ring (bicyclic) bond motifs is 1. The van der Waals surface area contributed by atoms with Gasteiger partial charge in [-0.3, -0.25) is 4.98 Å². The fourth-order valence-electron chi connectivity index (χ4n) is 4.40. The van der Waals surface area contributed by atoms with Crippen LogP contribution in [0.1, 0.15) is 23.7 Å². The Morgan fingerprint density at radius 3 is 2.26 bits per heavy atom. The van der Waals surface area contributed by atoms with Crippen LogP contribution in [-0.4, -0.2) is 34.3 Å². The van der Waals surface area contributed by atoms with Crippen LogP contribution in [0.5, 0.6) is 28.9 Å². The third-order valence-corrected chi connectivity index (χ3v) is 6.67. The number of aromatic nitrogens is 3. The Bertz CT molecular complexity index is 1690. The second-order valence-electron chi connectivity index (χ2n) is 9.39. The van der Waals surface area contributed by atoms with E-state index >= 15 is 0 Å². The van der Waals surface area contributed by atoms with E-state index in [9.17, 15) is 13.2 Å². The molecule has 0 unspecified atom stereocenters. The Hall–Kier alpha value is -4.44. The van der Waals surface area contributed by atoms with Gasteiger partial charge in [0.25, 0.3) is 0 Å². The van der Waals surface area contributed by atoms with Gasteiger partial charge in [0.15, 0.2) is 0 Å². The Kier molecular flexibility index (Phi) is 8.44. The summed E-state index contributed by atoms with van der Waals surface area (Å²) in [4.78, 5) is 4.81. The number of aryl methyl sites for hydroxylation is 2. The zero-order valence-electron chi connectivity index (χ0n) is 23.0. The maximum Gasteiger partial charge on any atom is 0.573 e. The Morgan fingerprint density at radius 2 is 1.57 bits per heavy atom. The summed E-state index contributed by atoms with van der Waals surface area (Å²) in [5, 5.41) is 5.83. The van der Waals surface area contributed by atoms with Crippen molar-refractivity contribution in [2.24, 2.45) is 0 Å². The third-order valence-electron chi connectivity index (χ3n) is 6.42. The van der Waals surface area contributed by atoms with Gasteiger partial charge in [-0.15, -0.1) is 18.3 Å². The number of pyridine rings is 1. The molecule has 0 saturated heterocycles. The lowest BCUT2D eigenvalue weighted by atomic mass is 10.0. The molecule has 0 radical (unpaired) electrons. The van der Waals surface area contributed by atoms with Crippen LogP contribution in [0.2, 0.25) is 5.02 Å². The van der Waals surface area contributed by atoms with Gasteiger partial charge in [-0.25, -0.2) is 4.68 Å². The van der Waals surface area contributed by atoms with Gasteiger partial charge >= 0.3 is 6.36 Å². The van der Waals surface area contributed by atoms with Crippen LogP contribution >= 0.6 is 11.6 Å². The number of hydrogen-bond donors (Lipinski definition) is 0. The molecule has 0 N–H and O–H groups in total. The van der Waals surface area contributed by atoms with Gasteiger partial charge in [-0.05, 0) is 86.5 Å². The van der Waals surface area contributed by atoms with Crippen LogP contribution in [0.3, 0.4) is 0 Å². The SMILES string of the molecule is CCc1nc2cc(C)c(Oc3ccc(OC(F)(F)F)cc3)cc2c(OCCOc2ccn(-c3ccc(Cl)cc3)n2)c1C. The van der Waals surface area contributed by atoms with Gasteiger partial charge in [0, 0.05) is 33.9 Å². The van der Waals surface area contributed by atoms with Gasteiger partial charge in [0.05, 0.1) is 11.2 Å². The van der Waals surface area contributed by atoms with Crippen LogP contribution in [0.25, 0.3) is 16.6 Å². The molecule has 0 saturated carbocycles. The first kappa shape index (κ1) is 29.1. The first-order chi connectivity index (χ1) is 20.1. The summed E-state index contributed by atoms with van der Waals surface area (Å²) >= 11 is 5.97. The summed E-state index contributed by atoms with van der Waals surface area (Å²) in [6.45, 7) is 6.36. The second-order valence-corrected chi connectivity index (χ2v) is 9.83. The van der Waals surface area contributed by atoms with E-state index < -0.39 is 6.36 Å². The number of nitrogens with zero attached hydrogens (tertiary/aromatic N) is 3. The highest BCUT2D eigenvalue weighted by Crippen LogP contribution is 2.37. The Labute approximate surface area is 245 Å². The topological polar surface area (TPSA) is 67.6 Å². The summed E-state index contributed by atoms with van der Waals surface area (Å²) in [6, 6.07) is 18.0. The highest BCUT2D eigenvalue weighted by molar-refractivity contribution is 6.30. The average molecular weight is 598 g/mol. The molecular formula is C31H27ClF3N3O4. The van der Waals surface area contributed by atoms with Crippen LogP contribution in [-0.2, 0) is 6.42 Å². The van der Waals surface area contributed by atoms with Crippen molar-refractivity contribution in [3.8, 4) is 34.6 Å². The fourth-order valence-corrected chi connectivity index (χ4v) is 4.52. The average Bonchev–Trinajstić information content (AvgIpc) is 3.42. The molecule has 3 aromatic carbocycles. The van der Waals surface area contributed by atoms with Crippen molar-refractivity contribution < 1.29 is 32.1 Å². The quantitative estimate of drug-likeness (QED) is 0.151. The molecule has 0 amide bonds. The minimum atomic E-state index is -4.76. The van der Waals surface area contributed by atoms with Crippen LogP contribution in [0.4, 0.5) is 13.2 Å². The minimum absolute atomic E-state index is 0.252. The molecule has 0 fully saturated rings. The van der Waals surface area contributed by atoms with E-state index in [-0.39, 0.29) is 19.0 Å². The van der Waals surface area contributed by atoms with Crippen molar-refractivity contribution in [2.75, 3.05) is 13.2 Å². The molecule has 5 rings (SSSR count). The van der Waals surface area contributed by atoms with Crippen LogP contribution in [0.15, 0.2) is 72.9 Å². The predicted octanol–water partition coefficient (Wildman–Crippen LogP) is 8.40. The Balaban J connectivity index is 1.31. The number of benzene rings is 3. The lowest BCUT2D eigenvalue weighted by molar-refractivity contribution is -0.274. The van der Waals surface area contributed by atoms with E-state index in [4.69, 9.17) is 30.8 Å². The smallest absolute Gasteiger partial charge is 0.489 e. The van der Waals surface area contributed by atoms with Gasteiger partial charge in [0.1, 0.15) is 36.2 Å². The van der Waals surface area contributed by atoms with Crippen molar-refractivity contribution in [3.63, 3.8) is 0 Å². The van der Waals surface area contributed by atoms with Crippen molar-refractivity contribution in [2.45, 2.75) is 33.6 Å². The zero-order valence-corrected chi connectivity index (χ0v) is 23.8. The summed E-state index contributed by atoms with van der Waals surface area (Å²) in [5.41, 5.74) is 4.22. The van der Waals surface area contributed by atoms with Crippen molar-refractivity contribution >= 4 is 22.5 Å². The maximum atomic E-state index is 12.5. The zero-order chi connectivity index (χ0) is 29.9. The highest BCUT2D eigenvalue weighted by Gasteiger charge is 2.31. The summed E-state index contributed by atoms with van der Waals surface area (Å²) < 4.78 is 61.2. The van der Waals surface area contributed by atoms with E-state index in [0.29, 0.717) is 28.2 Å². The van der Waals surface area contributed by atoms with Crippen molar-refractivity contribution in [1.82, 2.24) is 14.8 Å².